The van der Waals surface area contributed by atoms with Gasteiger partial charge in [-0.05, 0) is 30.9 Å². The number of rotatable bonds is 6. The van der Waals surface area contributed by atoms with Crippen LogP contribution in [0.2, 0.25) is 0 Å². The molecule has 0 fully saturated rings. The predicted molar refractivity (Wildman–Crippen MR) is 72.0 cm³/mol. The highest BCUT2D eigenvalue weighted by Crippen LogP contribution is 2.16. The molecule has 1 unspecified atom stereocenters. The van der Waals surface area contributed by atoms with Gasteiger partial charge in [0.15, 0.2) is 0 Å². The molecule has 1 aromatic rings. The Hall–Kier alpha value is -1.23. The molecule has 0 spiro atoms. The number of pyridine rings is 1. The van der Waals surface area contributed by atoms with Crippen molar-refractivity contribution in [1.82, 2.24) is 4.98 Å². The number of carbonyl (C=O) groups is 1. The molecule has 2 N–H and O–H groups in total. The van der Waals surface area contributed by atoms with Gasteiger partial charge in [-0.1, -0.05) is 6.92 Å². The number of carboxylic acid groups (broad SMARTS) is 1. The van der Waals surface area contributed by atoms with E-state index >= 15 is 0 Å². The van der Waals surface area contributed by atoms with E-state index in [1.807, 2.05) is 6.92 Å². The van der Waals surface area contributed by atoms with Gasteiger partial charge in [-0.25, -0.2) is 4.79 Å². The lowest BCUT2D eigenvalue weighted by atomic mass is 10.1. The highest BCUT2D eigenvalue weighted by atomic mass is 32.2. The Morgan fingerprint density at radius 2 is 2.35 bits per heavy atom. The Morgan fingerprint density at radius 3 is 2.94 bits per heavy atom. The summed E-state index contributed by atoms with van der Waals surface area (Å²) in [4.78, 5) is 15.0. The van der Waals surface area contributed by atoms with Gasteiger partial charge >= 0.3 is 5.97 Å². The lowest BCUT2D eigenvalue weighted by Crippen LogP contribution is -2.15. The van der Waals surface area contributed by atoms with E-state index in [0.717, 1.165) is 18.0 Å². The number of aryl methyl sites for hydroxylation is 1. The summed E-state index contributed by atoms with van der Waals surface area (Å²) in [5.41, 5.74) is 1.69. The first-order valence-electron chi connectivity index (χ1n) is 5.47. The van der Waals surface area contributed by atoms with Crippen molar-refractivity contribution in [2.45, 2.75) is 13.8 Å². The van der Waals surface area contributed by atoms with Crippen molar-refractivity contribution in [3.8, 4) is 0 Å². The molecule has 17 heavy (non-hydrogen) atoms. The van der Waals surface area contributed by atoms with Gasteiger partial charge in [0.25, 0.3) is 0 Å². The van der Waals surface area contributed by atoms with Gasteiger partial charge in [0.2, 0.25) is 0 Å². The standard InChI is InChI=1S/C12H18N2O2S/c1-8(7-17-3)5-14-11-4-9(2)13-6-10(11)12(15)16/h4,6,8H,5,7H2,1-3H3,(H,13,14)(H,15,16). The van der Waals surface area contributed by atoms with Crippen molar-refractivity contribution >= 4 is 23.4 Å². The summed E-state index contributed by atoms with van der Waals surface area (Å²) in [5.74, 6) is 0.608. The van der Waals surface area contributed by atoms with Crippen LogP contribution in [-0.4, -0.2) is 34.6 Å². The van der Waals surface area contributed by atoms with Crippen LogP contribution >= 0.6 is 11.8 Å². The Bertz CT molecular complexity index is 396. The van der Waals surface area contributed by atoms with E-state index in [1.165, 1.54) is 6.20 Å². The highest BCUT2D eigenvalue weighted by molar-refractivity contribution is 7.98. The maximum Gasteiger partial charge on any atom is 0.339 e. The first-order chi connectivity index (χ1) is 8.04. The second-order valence-corrected chi connectivity index (χ2v) is 5.03. The summed E-state index contributed by atoms with van der Waals surface area (Å²) in [6.07, 6.45) is 3.47. The number of aromatic carboxylic acids is 1. The highest BCUT2D eigenvalue weighted by Gasteiger charge is 2.11. The molecule has 1 heterocycles. The van der Waals surface area contributed by atoms with Crippen LogP contribution in [0.5, 0.6) is 0 Å². The monoisotopic (exact) mass is 254 g/mol. The number of nitrogens with zero attached hydrogens (tertiary/aromatic N) is 1. The number of hydrogen-bond acceptors (Lipinski definition) is 4. The molecule has 0 aromatic carbocycles. The summed E-state index contributed by atoms with van der Waals surface area (Å²) in [5, 5.41) is 12.2. The molecule has 4 nitrogen and oxygen atoms in total. The maximum atomic E-state index is 11.0. The minimum Gasteiger partial charge on any atom is -0.478 e. The van der Waals surface area contributed by atoms with Crippen molar-refractivity contribution in [3.63, 3.8) is 0 Å². The smallest absolute Gasteiger partial charge is 0.339 e. The Labute approximate surface area is 106 Å². The van der Waals surface area contributed by atoms with Gasteiger partial charge in [-0.15, -0.1) is 0 Å². The number of carboxylic acids is 1. The molecule has 0 amide bonds. The molecule has 5 heteroatoms. The summed E-state index contributed by atoms with van der Waals surface area (Å²) < 4.78 is 0. The maximum absolute atomic E-state index is 11.0. The van der Waals surface area contributed by atoms with Gasteiger partial charge in [-0.3, -0.25) is 4.98 Å². The van der Waals surface area contributed by atoms with Crippen LogP contribution < -0.4 is 5.32 Å². The van der Waals surface area contributed by atoms with Crippen LogP contribution in [0.3, 0.4) is 0 Å². The van der Waals surface area contributed by atoms with Gasteiger partial charge in [0.1, 0.15) is 5.56 Å². The van der Waals surface area contributed by atoms with Crippen molar-refractivity contribution in [1.29, 1.82) is 0 Å². The van der Waals surface area contributed by atoms with Crippen molar-refractivity contribution in [2.24, 2.45) is 5.92 Å². The van der Waals surface area contributed by atoms with E-state index in [9.17, 15) is 4.79 Å². The largest absolute Gasteiger partial charge is 0.478 e. The van der Waals surface area contributed by atoms with Crippen molar-refractivity contribution in [3.05, 3.63) is 23.5 Å². The van der Waals surface area contributed by atoms with Crippen molar-refractivity contribution in [2.75, 3.05) is 23.9 Å². The number of nitrogens with one attached hydrogen (secondary N) is 1. The zero-order chi connectivity index (χ0) is 12.8. The molecular formula is C12H18N2O2S. The quantitative estimate of drug-likeness (QED) is 0.816. The fourth-order valence-corrected chi connectivity index (χ4v) is 2.19. The number of hydrogen-bond donors (Lipinski definition) is 2. The molecule has 0 bridgehead atoms. The molecule has 1 rings (SSSR count). The lowest BCUT2D eigenvalue weighted by molar-refractivity contribution is 0.0697. The molecule has 94 valence electrons. The summed E-state index contributed by atoms with van der Waals surface area (Å²) >= 11 is 1.79. The van der Waals surface area contributed by atoms with E-state index in [4.69, 9.17) is 5.11 Å². The zero-order valence-corrected chi connectivity index (χ0v) is 11.2. The van der Waals surface area contributed by atoms with Crippen molar-refractivity contribution < 1.29 is 9.90 Å². The van der Waals surface area contributed by atoms with E-state index in [0.29, 0.717) is 11.6 Å². The first-order valence-corrected chi connectivity index (χ1v) is 6.86. The summed E-state index contributed by atoms with van der Waals surface area (Å²) in [6, 6.07) is 1.77. The minimum absolute atomic E-state index is 0.229. The predicted octanol–water partition coefficient (Wildman–Crippen LogP) is 2.50. The van der Waals surface area contributed by atoms with Gasteiger partial charge in [0.05, 0.1) is 5.69 Å². The Morgan fingerprint density at radius 1 is 1.65 bits per heavy atom. The van der Waals surface area contributed by atoms with Crippen LogP contribution in [0, 0.1) is 12.8 Å². The second kappa shape index (κ2) is 6.49. The summed E-state index contributed by atoms with van der Waals surface area (Å²) in [6.45, 7) is 4.75. The molecule has 0 aliphatic heterocycles. The van der Waals surface area contributed by atoms with Crippen LogP contribution in [0.1, 0.15) is 23.0 Å². The van der Waals surface area contributed by atoms with Gasteiger partial charge in [-0.2, -0.15) is 11.8 Å². The number of anilines is 1. The molecule has 0 saturated heterocycles. The molecule has 0 saturated carbocycles. The van der Waals surface area contributed by atoms with Gasteiger partial charge in [0, 0.05) is 18.4 Å². The molecular weight excluding hydrogens is 236 g/mol. The Kier molecular flexibility index (Phi) is 5.28. The zero-order valence-electron chi connectivity index (χ0n) is 10.4. The van der Waals surface area contributed by atoms with E-state index < -0.39 is 5.97 Å². The van der Waals surface area contributed by atoms with Crippen LogP contribution in [0.4, 0.5) is 5.69 Å². The SMILES string of the molecule is CSCC(C)CNc1cc(C)ncc1C(=O)O. The molecule has 0 aliphatic carbocycles. The topological polar surface area (TPSA) is 62.2 Å². The third-order valence-electron chi connectivity index (χ3n) is 2.36. The lowest BCUT2D eigenvalue weighted by Gasteiger charge is -2.14. The van der Waals surface area contributed by atoms with E-state index in [1.54, 1.807) is 17.8 Å². The normalized spacial score (nSPS) is 12.2. The molecule has 0 radical (unpaired) electrons. The Balaban J connectivity index is 2.75. The number of thioether (sulfide) groups is 1. The third-order valence-corrected chi connectivity index (χ3v) is 3.27. The third kappa shape index (κ3) is 4.26. The molecule has 0 aliphatic rings. The summed E-state index contributed by atoms with van der Waals surface area (Å²) in [7, 11) is 0. The van der Waals surface area contributed by atoms with Crippen LogP contribution in [0.25, 0.3) is 0 Å². The van der Waals surface area contributed by atoms with E-state index in [-0.39, 0.29) is 5.56 Å². The van der Waals surface area contributed by atoms with Crippen LogP contribution in [-0.2, 0) is 0 Å². The first kappa shape index (κ1) is 13.8. The fourth-order valence-electron chi connectivity index (χ4n) is 1.50. The minimum atomic E-state index is -0.947. The molecule has 1 atom stereocenters. The molecule has 1 aromatic heterocycles. The van der Waals surface area contributed by atoms with E-state index in [2.05, 4.69) is 23.5 Å². The fraction of sp³-hybridized carbons (Fsp3) is 0.500. The van der Waals surface area contributed by atoms with Crippen LogP contribution in [0.15, 0.2) is 12.3 Å². The van der Waals surface area contributed by atoms with Gasteiger partial charge < -0.3 is 10.4 Å². The second-order valence-electron chi connectivity index (χ2n) is 4.12. The average Bonchev–Trinajstić information content (AvgIpc) is 2.26. The number of aromatic nitrogens is 1. The average molecular weight is 254 g/mol.